The minimum Gasteiger partial charge on any atom is -0.481 e. The van der Waals surface area contributed by atoms with Crippen molar-refractivity contribution in [2.45, 2.75) is 25.3 Å². The molecule has 1 fully saturated rings. The van der Waals surface area contributed by atoms with Gasteiger partial charge in [-0.25, -0.2) is 4.39 Å². The Bertz CT molecular complexity index is 521. The zero-order valence-electron chi connectivity index (χ0n) is 10.0. The minimum atomic E-state index is -0.818. The number of hydrogen-bond acceptors (Lipinski definition) is 2. The Labute approximate surface area is 118 Å². The molecule has 0 heterocycles. The summed E-state index contributed by atoms with van der Waals surface area (Å²) in [6, 6.07) is 3.90. The Morgan fingerprint density at radius 3 is 2.68 bits per heavy atom. The summed E-state index contributed by atoms with van der Waals surface area (Å²) in [6.45, 7) is 0. The van der Waals surface area contributed by atoms with Crippen molar-refractivity contribution in [1.82, 2.24) is 5.32 Å². The first-order valence-electron chi connectivity index (χ1n) is 5.96. The second-order valence-electron chi connectivity index (χ2n) is 4.65. The lowest BCUT2D eigenvalue weighted by Crippen LogP contribution is -2.33. The number of aliphatic carboxylic acids is 1. The lowest BCUT2D eigenvalue weighted by atomic mass is 10.1. The van der Waals surface area contributed by atoms with E-state index in [4.69, 9.17) is 5.11 Å². The van der Waals surface area contributed by atoms with Crippen LogP contribution >= 0.6 is 15.9 Å². The van der Waals surface area contributed by atoms with Crippen molar-refractivity contribution in [3.05, 3.63) is 34.1 Å². The molecule has 0 spiro atoms. The van der Waals surface area contributed by atoms with Crippen LogP contribution in [-0.2, 0) is 4.79 Å². The van der Waals surface area contributed by atoms with Crippen molar-refractivity contribution in [3.8, 4) is 0 Å². The normalized spacial score (nSPS) is 22.2. The third kappa shape index (κ3) is 3.32. The second-order valence-corrected chi connectivity index (χ2v) is 5.50. The maximum atomic E-state index is 13.1. The number of halogens is 2. The number of hydrogen-bond donors (Lipinski definition) is 2. The first-order valence-corrected chi connectivity index (χ1v) is 6.75. The van der Waals surface area contributed by atoms with Crippen LogP contribution in [0, 0.1) is 11.7 Å². The number of carboxylic acids is 1. The molecule has 0 aromatic heterocycles. The van der Waals surface area contributed by atoms with Gasteiger partial charge in [-0.2, -0.15) is 0 Å². The van der Waals surface area contributed by atoms with E-state index in [0.29, 0.717) is 24.8 Å². The molecule has 6 heteroatoms. The quantitative estimate of drug-likeness (QED) is 0.895. The maximum absolute atomic E-state index is 13.1. The Balaban J connectivity index is 1.98. The molecule has 1 aromatic rings. The Morgan fingerprint density at radius 1 is 1.37 bits per heavy atom. The summed E-state index contributed by atoms with van der Waals surface area (Å²) in [4.78, 5) is 22.8. The largest absolute Gasteiger partial charge is 0.481 e. The molecule has 0 unspecified atom stereocenters. The van der Waals surface area contributed by atoms with Gasteiger partial charge in [0.15, 0.2) is 0 Å². The molecule has 102 valence electrons. The molecule has 0 bridgehead atoms. The van der Waals surface area contributed by atoms with Gasteiger partial charge < -0.3 is 10.4 Å². The molecule has 19 heavy (non-hydrogen) atoms. The van der Waals surface area contributed by atoms with Gasteiger partial charge >= 0.3 is 5.97 Å². The van der Waals surface area contributed by atoms with E-state index in [-0.39, 0.29) is 22.3 Å². The van der Waals surface area contributed by atoms with Crippen LogP contribution < -0.4 is 5.32 Å². The van der Waals surface area contributed by atoms with Gasteiger partial charge in [0.05, 0.1) is 10.4 Å². The fourth-order valence-electron chi connectivity index (χ4n) is 2.24. The molecular formula is C13H13BrFNO3. The number of carbonyl (C=O) groups excluding carboxylic acids is 1. The van der Waals surface area contributed by atoms with Crippen molar-refractivity contribution in [1.29, 1.82) is 0 Å². The Hall–Kier alpha value is -1.43. The molecule has 0 aliphatic heterocycles. The van der Waals surface area contributed by atoms with Gasteiger partial charge in [-0.05, 0) is 53.4 Å². The molecule has 0 radical (unpaired) electrons. The fourth-order valence-corrected chi connectivity index (χ4v) is 2.62. The minimum absolute atomic E-state index is 0.127. The molecule has 0 saturated heterocycles. The number of rotatable bonds is 3. The smallest absolute Gasteiger partial charge is 0.306 e. The summed E-state index contributed by atoms with van der Waals surface area (Å²) in [7, 11) is 0. The molecule has 1 aliphatic carbocycles. The highest BCUT2D eigenvalue weighted by molar-refractivity contribution is 9.10. The van der Waals surface area contributed by atoms with Crippen molar-refractivity contribution >= 4 is 27.8 Å². The van der Waals surface area contributed by atoms with E-state index in [1.165, 1.54) is 18.2 Å². The summed E-state index contributed by atoms with van der Waals surface area (Å²) in [5, 5.41) is 11.7. The molecule has 2 atom stereocenters. The van der Waals surface area contributed by atoms with Crippen LogP contribution in [0.2, 0.25) is 0 Å². The van der Waals surface area contributed by atoms with E-state index in [1.54, 1.807) is 0 Å². The van der Waals surface area contributed by atoms with Crippen LogP contribution in [0.3, 0.4) is 0 Å². The average Bonchev–Trinajstić information content (AvgIpc) is 2.81. The summed E-state index contributed by atoms with van der Waals surface area (Å²) in [6.07, 6.45) is 1.68. The highest BCUT2D eigenvalue weighted by Crippen LogP contribution is 2.26. The summed E-state index contributed by atoms with van der Waals surface area (Å²) in [5.74, 6) is -1.94. The van der Waals surface area contributed by atoms with Crippen LogP contribution in [0.15, 0.2) is 22.7 Å². The van der Waals surface area contributed by atoms with Crippen LogP contribution in [0.4, 0.5) is 4.39 Å². The monoisotopic (exact) mass is 329 g/mol. The predicted octanol–water partition coefficient (Wildman–Crippen LogP) is 2.57. The topological polar surface area (TPSA) is 66.4 Å². The third-order valence-corrected chi connectivity index (χ3v) is 3.91. The molecule has 2 rings (SSSR count). The molecule has 1 aliphatic rings. The van der Waals surface area contributed by atoms with Crippen LogP contribution in [0.1, 0.15) is 29.6 Å². The molecule has 1 aromatic carbocycles. The molecule has 4 nitrogen and oxygen atoms in total. The van der Waals surface area contributed by atoms with E-state index in [1.807, 2.05) is 0 Å². The van der Waals surface area contributed by atoms with Crippen LogP contribution in [-0.4, -0.2) is 23.0 Å². The molecule has 1 amide bonds. The van der Waals surface area contributed by atoms with Crippen molar-refractivity contribution in [3.63, 3.8) is 0 Å². The zero-order valence-corrected chi connectivity index (χ0v) is 11.6. The van der Waals surface area contributed by atoms with Gasteiger partial charge in [-0.1, -0.05) is 0 Å². The van der Waals surface area contributed by atoms with E-state index >= 15 is 0 Å². The highest BCUT2D eigenvalue weighted by Gasteiger charge is 2.30. The standard InChI is InChI=1S/C13H13BrFNO3/c14-10-6-7(2-4-11(10)15)12(17)16-9-3-1-8(5-9)13(18)19/h2,4,6,8-9H,1,3,5H2,(H,16,17)(H,18,19)/t8-,9+/m1/s1. The number of amides is 1. The van der Waals surface area contributed by atoms with E-state index in [2.05, 4.69) is 21.2 Å². The lowest BCUT2D eigenvalue weighted by molar-refractivity contribution is -0.141. The number of carboxylic acid groups (broad SMARTS) is 1. The molecular weight excluding hydrogens is 317 g/mol. The van der Waals surface area contributed by atoms with Gasteiger partial charge in [0, 0.05) is 11.6 Å². The van der Waals surface area contributed by atoms with Crippen molar-refractivity contribution in [2.24, 2.45) is 5.92 Å². The van der Waals surface area contributed by atoms with Gasteiger partial charge in [0.1, 0.15) is 5.82 Å². The van der Waals surface area contributed by atoms with Crippen molar-refractivity contribution < 1.29 is 19.1 Å². The summed E-state index contributed by atoms with van der Waals surface area (Å²) >= 11 is 3.02. The Morgan fingerprint density at radius 2 is 2.11 bits per heavy atom. The van der Waals surface area contributed by atoms with Crippen LogP contribution in [0.25, 0.3) is 0 Å². The number of benzene rings is 1. The SMILES string of the molecule is O=C(N[C@H]1CC[C@@H](C(=O)O)C1)c1ccc(F)c(Br)c1. The van der Waals surface area contributed by atoms with E-state index < -0.39 is 11.8 Å². The molecule has 2 N–H and O–H groups in total. The zero-order chi connectivity index (χ0) is 14.0. The third-order valence-electron chi connectivity index (χ3n) is 3.30. The van der Waals surface area contributed by atoms with Gasteiger partial charge in [0.2, 0.25) is 0 Å². The number of carbonyl (C=O) groups is 2. The predicted molar refractivity (Wildman–Crippen MR) is 70.3 cm³/mol. The lowest BCUT2D eigenvalue weighted by Gasteiger charge is -2.12. The highest BCUT2D eigenvalue weighted by atomic mass is 79.9. The average molecular weight is 330 g/mol. The van der Waals surface area contributed by atoms with E-state index in [0.717, 1.165) is 0 Å². The first-order chi connectivity index (χ1) is 8.97. The fraction of sp³-hybridized carbons (Fsp3) is 0.385. The maximum Gasteiger partial charge on any atom is 0.306 e. The molecule has 1 saturated carbocycles. The van der Waals surface area contributed by atoms with Crippen LogP contribution in [0.5, 0.6) is 0 Å². The van der Waals surface area contributed by atoms with Gasteiger partial charge in [-0.15, -0.1) is 0 Å². The first kappa shape index (κ1) is 14.0. The van der Waals surface area contributed by atoms with Gasteiger partial charge in [0.25, 0.3) is 5.91 Å². The van der Waals surface area contributed by atoms with Gasteiger partial charge in [-0.3, -0.25) is 9.59 Å². The summed E-state index contributed by atoms with van der Waals surface area (Å²) in [5.41, 5.74) is 0.354. The van der Waals surface area contributed by atoms with E-state index in [9.17, 15) is 14.0 Å². The second kappa shape index (κ2) is 5.69. The Kier molecular flexibility index (Phi) is 4.19. The van der Waals surface area contributed by atoms with Crippen molar-refractivity contribution in [2.75, 3.05) is 0 Å². The summed E-state index contributed by atoms with van der Waals surface area (Å²) < 4.78 is 13.3. The number of nitrogens with one attached hydrogen (secondary N) is 1.